The third-order valence-electron chi connectivity index (χ3n) is 6.25. The van der Waals surface area contributed by atoms with E-state index in [1.54, 1.807) is 6.07 Å². The van der Waals surface area contributed by atoms with E-state index in [0.29, 0.717) is 16.8 Å². The minimum absolute atomic E-state index is 0.00501. The van der Waals surface area contributed by atoms with E-state index in [9.17, 15) is 14.0 Å². The molecule has 3 heterocycles. The summed E-state index contributed by atoms with van der Waals surface area (Å²) >= 11 is 0. The van der Waals surface area contributed by atoms with Gasteiger partial charge in [-0.15, -0.1) is 0 Å². The number of carbonyl (C=O) groups excluding carboxylic acids is 1. The van der Waals surface area contributed by atoms with Crippen LogP contribution in [-0.2, 0) is 0 Å². The first-order valence-corrected chi connectivity index (χ1v) is 11.9. The number of nitrogens with zero attached hydrogens (tertiary/aromatic N) is 3. The van der Waals surface area contributed by atoms with E-state index in [0.717, 1.165) is 22.8 Å². The molecule has 0 atom stereocenters. The van der Waals surface area contributed by atoms with Gasteiger partial charge in [-0.3, -0.25) is 19.1 Å². The molecule has 0 aliphatic rings. The van der Waals surface area contributed by atoms with Crippen LogP contribution in [0.15, 0.2) is 71.8 Å². The number of ether oxygens (including phenoxy) is 2. The van der Waals surface area contributed by atoms with E-state index in [-0.39, 0.29) is 34.1 Å². The molecular weight excluding hydrogens is 525 g/mol. The number of methoxy groups -OCH3 is 1. The molecule has 5 aromatic rings. The Hall–Kier alpha value is -5.19. The number of hydrogen-bond donors (Lipinski definition) is 1. The van der Waals surface area contributed by atoms with Gasteiger partial charge in [0.15, 0.2) is 17.3 Å². The summed E-state index contributed by atoms with van der Waals surface area (Å²) in [6, 6.07) is 11.7. The first kappa shape index (κ1) is 26.4. The van der Waals surface area contributed by atoms with Gasteiger partial charge >= 0.3 is 0 Å². The topological polar surface area (TPSA) is 95.3 Å². The van der Waals surface area contributed by atoms with Crippen molar-refractivity contribution in [2.45, 2.75) is 13.8 Å². The Balaban J connectivity index is 1.44. The van der Waals surface area contributed by atoms with Crippen LogP contribution in [0.3, 0.4) is 0 Å². The lowest BCUT2D eigenvalue weighted by Gasteiger charge is -2.16. The minimum Gasteiger partial charge on any atom is -0.495 e. The number of halogens is 3. The summed E-state index contributed by atoms with van der Waals surface area (Å²) in [4.78, 5) is 34.9. The van der Waals surface area contributed by atoms with Crippen molar-refractivity contribution in [3.8, 4) is 22.9 Å². The molecule has 0 aliphatic heterocycles. The summed E-state index contributed by atoms with van der Waals surface area (Å²) in [6.07, 6.45) is 2.96. The molecular formula is C29H21F3N4O4. The standard InChI is InChI=1S/C29H21F3N4O4/c1-15-25(29(38)36(16(2)26(15)32)19-7-4-17(30)5-8-19)28(37)35-18-6-9-23(21(31)12-18)40-24-10-11-33-22-13-20(39-3)14-34-27(22)24/h4-14H,1-3H3,(H,35,37). The van der Waals surface area contributed by atoms with Crippen molar-refractivity contribution in [3.63, 3.8) is 0 Å². The molecule has 0 saturated carbocycles. The fourth-order valence-corrected chi connectivity index (χ4v) is 4.23. The van der Waals surface area contributed by atoms with Gasteiger partial charge in [0, 0.05) is 41.3 Å². The minimum atomic E-state index is -0.941. The Labute approximate surface area is 225 Å². The fraction of sp³-hybridized carbons (Fsp3) is 0.103. The van der Waals surface area contributed by atoms with E-state index >= 15 is 8.78 Å². The predicted octanol–water partition coefficient (Wildman–Crippen LogP) is 5.87. The number of benzene rings is 2. The van der Waals surface area contributed by atoms with Crippen LogP contribution in [-0.4, -0.2) is 27.6 Å². The van der Waals surface area contributed by atoms with Crippen molar-refractivity contribution in [3.05, 3.63) is 112 Å². The summed E-state index contributed by atoms with van der Waals surface area (Å²) in [5, 5.41) is 2.44. The lowest BCUT2D eigenvalue weighted by molar-refractivity contribution is 0.102. The molecule has 0 unspecified atom stereocenters. The first-order valence-electron chi connectivity index (χ1n) is 11.9. The van der Waals surface area contributed by atoms with Gasteiger partial charge in [0.25, 0.3) is 11.5 Å². The van der Waals surface area contributed by atoms with Crippen LogP contribution >= 0.6 is 0 Å². The van der Waals surface area contributed by atoms with Gasteiger partial charge in [0.1, 0.15) is 28.5 Å². The Kier molecular flexibility index (Phi) is 6.95. The second-order valence-electron chi connectivity index (χ2n) is 8.77. The molecule has 1 N–H and O–H groups in total. The zero-order chi connectivity index (χ0) is 28.6. The van der Waals surface area contributed by atoms with Crippen molar-refractivity contribution in [1.82, 2.24) is 14.5 Å². The Morgan fingerprint density at radius 3 is 2.40 bits per heavy atom. The van der Waals surface area contributed by atoms with E-state index < -0.39 is 34.5 Å². The van der Waals surface area contributed by atoms with Gasteiger partial charge in [0.05, 0.1) is 24.5 Å². The van der Waals surface area contributed by atoms with Crippen molar-refractivity contribution >= 4 is 22.6 Å². The Bertz CT molecular complexity index is 1840. The van der Waals surface area contributed by atoms with Crippen molar-refractivity contribution < 1.29 is 27.4 Å². The monoisotopic (exact) mass is 546 g/mol. The van der Waals surface area contributed by atoms with Crippen molar-refractivity contribution in [2.24, 2.45) is 0 Å². The molecule has 40 heavy (non-hydrogen) atoms. The van der Waals surface area contributed by atoms with Gasteiger partial charge in [-0.1, -0.05) is 0 Å². The number of pyridine rings is 3. The van der Waals surface area contributed by atoms with Crippen LogP contribution in [0.25, 0.3) is 16.7 Å². The lowest BCUT2D eigenvalue weighted by atomic mass is 10.1. The number of fused-ring (bicyclic) bond motifs is 1. The number of amides is 1. The molecule has 11 heteroatoms. The highest BCUT2D eigenvalue weighted by molar-refractivity contribution is 6.05. The third-order valence-corrected chi connectivity index (χ3v) is 6.25. The largest absolute Gasteiger partial charge is 0.495 e. The molecule has 0 saturated heterocycles. The van der Waals surface area contributed by atoms with E-state index in [4.69, 9.17) is 9.47 Å². The quantitative estimate of drug-likeness (QED) is 0.286. The average Bonchev–Trinajstić information content (AvgIpc) is 2.94. The second-order valence-corrected chi connectivity index (χ2v) is 8.77. The molecule has 0 aliphatic carbocycles. The molecule has 3 aromatic heterocycles. The molecule has 8 nitrogen and oxygen atoms in total. The second kappa shape index (κ2) is 10.5. The highest BCUT2D eigenvalue weighted by atomic mass is 19.1. The molecule has 0 radical (unpaired) electrons. The van der Waals surface area contributed by atoms with Crippen LogP contribution in [0.1, 0.15) is 21.6 Å². The van der Waals surface area contributed by atoms with E-state index in [2.05, 4.69) is 15.3 Å². The number of anilines is 1. The van der Waals surface area contributed by atoms with E-state index in [1.165, 1.54) is 63.7 Å². The highest BCUT2D eigenvalue weighted by Crippen LogP contribution is 2.31. The van der Waals surface area contributed by atoms with Crippen molar-refractivity contribution in [1.29, 1.82) is 0 Å². The molecule has 0 spiro atoms. The highest BCUT2D eigenvalue weighted by Gasteiger charge is 2.23. The zero-order valence-electron chi connectivity index (χ0n) is 21.5. The number of rotatable bonds is 6. The molecule has 5 rings (SSSR count). The maximum atomic E-state index is 15.1. The number of aromatic nitrogens is 3. The number of nitrogens with one attached hydrogen (secondary N) is 1. The van der Waals surface area contributed by atoms with Crippen LogP contribution in [0.5, 0.6) is 17.2 Å². The SMILES string of the molecule is COc1cnc2c(Oc3ccc(NC(=O)c4c(C)c(F)c(C)n(-c5ccc(F)cc5)c4=O)cc3F)ccnc2c1. The molecule has 202 valence electrons. The Morgan fingerprint density at radius 2 is 1.70 bits per heavy atom. The Morgan fingerprint density at radius 1 is 0.950 bits per heavy atom. The normalized spacial score (nSPS) is 10.9. The first-order chi connectivity index (χ1) is 19.2. The zero-order valence-corrected chi connectivity index (χ0v) is 21.5. The van der Waals surface area contributed by atoms with Crippen LogP contribution in [0, 0.1) is 31.3 Å². The lowest BCUT2D eigenvalue weighted by Crippen LogP contribution is -2.32. The van der Waals surface area contributed by atoms with Crippen LogP contribution < -0.4 is 20.3 Å². The summed E-state index contributed by atoms with van der Waals surface area (Å²) < 4.78 is 55.3. The van der Waals surface area contributed by atoms with Crippen LogP contribution in [0.4, 0.5) is 18.9 Å². The van der Waals surface area contributed by atoms with Gasteiger partial charge in [-0.2, -0.15) is 0 Å². The predicted molar refractivity (Wildman–Crippen MR) is 142 cm³/mol. The molecule has 0 fully saturated rings. The maximum Gasteiger partial charge on any atom is 0.268 e. The van der Waals surface area contributed by atoms with Gasteiger partial charge in [-0.05, 0) is 50.2 Å². The number of carbonyl (C=O) groups is 1. The summed E-state index contributed by atoms with van der Waals surface area (Å²) in [5.41, 5.74) is -0.455. The van der Waals surface area contributed by atoms with E-state index in [1.807, 2.05) is 0 Å². The van der Waals surface area contributed by atoms with Gasteiger partial charge in [-0.25, -0.2) is 18.2 Å². The van der Waals surface area contributed by atoms with Gasteiger partial charge < -0.3 is 14.8 Å². The molecule has 2 aromatic carbocycles. The van der Waals surface area contributed by atoms with Crippen LogP contribution in [0.2, 0.25) is 0 Å². The van der Waals surface area contributed by atoms with Gasteiger partial charge in [0.2, 0.25) is 0 Å². The average molecular weight is 547 g/mol. The number of hydrogen-bond acceptors (Lipinski definition) is 6. The molecule has 0 bridgehead atoms. The summed E-state index contributed by atoms with van der Waals surface area (Å²) in [7, 11) is 1.50. The fourth-order valence-electron chi connectivity index (χ4n) is 4.23. The summed E-state index contributed by atoms with van der Waals surface area (Å²) in [5.74, 6) is -2.48. The maximum absolute atomic E-state index is 15.1. The summed E-state index contributed by atoms with van der Waals surface area (Å²) in [6.45, 7) is 2.68. The smallest absolute Gasteiger partial charge is 0.268 e. The molecule has 1 amide bonds. The third kappa shape index (κ3) is 4.84. The van der Waals surface area contributed by atoms with Crippen molar-refractivity contribution in [2.75, 3.05) is 12.4 Å².